The Morgan fingerprint density at radius 2 is 2.10 bits per heavy atom. The molecule has 7 nitrogen and oxygen atoms in total. The Morgan fingerprint density at radius 3 is 2.60 bits per heavy atom. The Hall–Kier alpha value is -1.12. The quantitative estimate of drug-likeness (QED) is 0.832. The van der Waals surface area contributed by atoms with Gasteiger partial charge in [0.2, 0.25) is 0 Å². The van der Waals surface area contributed by atoms with Crippen LogP contribution >= 0.6 is 0 Å². The monoisotopic (exact) mass is 301 g/mol. The first-order valence-corrected chi connectivity index (χ1v) is 8.38. The Kier molecular flexibility index (Phi) is 4.66. The summed E-state index contributed by atoms with van der Waals surface area (Å²) in [5, 5.41) is 4.19. The number of nitrogens with zero attached hydrogens (tertiary/aromatic N) is 3. The largest absolute Gasteiger partial charge is 0.382 e. The predicted octanol–water partition coefficient (Wildman–Crippen LogP) is 0.593. The maximum absolute atomic E-state index is 12.1. The summed E-state index contributed by atoms with van der Waals surface area (Å²) < 4.78 is 30.2. The van der Waals surface area contributed by atoms with E-state index in [0.29, 0.717) is 31.4 Å². The molecule has 1 aromatic heterocycles. The molecule has 2 rings (SSSR count). The molecule has 0 radical (unpaired) electrons. The Morgan fingerprint density at radius 1 is 1.45 bits per heavy atom. The van der Waals surface area contributed by atoms with Crippen molar-refractivity contribution < 1.29 is 8.42 Å². The van der Waals surface area contributed by atoms with Crippen LogP contribution in [0.5, 0.6) is 0 Å². The van der Waals surface area contributed by atoms with Gasteiger partial charge in [0.1, 0.15) is 5.82 Å². The fourth-order valence-electron chi connectivity index (χ4n) is 2.27. The fraction of sp³-hybridized carbons (Fsp3) is 0.750. The lowest BCUT2D eigenvalue weighted by molar-refractivity contribution is 0.259. The number of rotatable bonds is 5. The normalized spacial score (nSPS) is 18.8. The van der Waals surface area contributed by atoms with Crippen LogP contribution in [-0.2, 0) is 10.2 Å². The molecule has 0 aliphatic carbocycles. The van der Waals surface area contributed by atoms with E-state index in [2.05, 4.69) is 9.82 Å². The molecule has 114 valence electrons. The minimum Gasteiger partial charge on any atom is -0.382 e. The van der Waals surface area contributed by atoms with Gasteiger partial charge < -0.3 is 5.73 Å². The molecule has 1 aliphatic rings. The van der Waals surface area contributed by atoms with Crippen molar-refractivity contribution >= 4 is 16.0 Å². The van der Waals surface area contributed by atoms with Crippen LogP contribution in [0.25, 0.3) is 0 Å². The highest BCUT2D eigenvalue weighted by Gasteiger charge is 2.28. The standard InChI is InChI=1S/C12H23N5O2S/c1-10(2)9-14-20(18,19)16-6-3-11(4-7-16)17-8-5-12(13)15-17/h5,8,10-11,14H,3-4,6-7,9H2,1-2H3,(H2,13,15). The van der Waals surface area contributed by atoms with Crippen molar-refractivity contribution in [1.82, 2.24) is 18.8 Å². The lowest BCUT2D eigenvalue weighted by Gasteiger charge is -2.31. The fourth-order valence-corrected chi connectivity index (χ4v) is 3.68. The average Bonchev–Trinajstić information content (AvgIpc) is 2.83. The number of anilines is 1. The molecule has 0 amide bonds. The first-order valence-electron chi connectivity index (χ1n) is 6.94. The highest BCUT2D eigenvalue weighted by Crippen LogP contribution is 2.23. The second-order valence-corrected chi connectivity index (χ2v) is 7.35. The number of nitrogens with one attached hydrogen (secondary N) is 1. The van der Waals surface area contributed by atoms with Gasteiger partial charge in [-0.2, -0.15) is 17.8 Å². The SMILES string of the molecule is CC(C)CNS(=O)(=O)N1CCC(n2ccc(N)n2)CC1. The molecule has 1 fully saturated rings. The van der Waals surface area contributed by atoms with E-state index in [1.807, 2.05) is 24.7 Å². The molecule has 1 saturated heterocycles. The second-order valence-electron chi connectivity index (χ2n) is 5.60. The zero-order chi connectivity index (χ0) is 14.8. The molecule has 2 heterocycles. The number of aromatic nitrogens is 2. The Labute approximate surface area is 120 Å². The van der Waals surface area contributed by atoms with E-state index in [1.54, 1.807) is 6.07 Å². The third-order valence-electron chi connectivity index (χ3n) is 3.44. The third-order valence-corrected chi connectivity index (χ3v) is 5.02. The van der Waals surface area contributed by atoms with E-state index in [0.717, 1.165) is 12.8 Å². The highest BCUT2D eigenvalue weighted by molar-refractivity contribution is 7.87. The van der Waals surface area contributed by atoms with Gasteiger partial charge in [-0.1, -0.05) is 13.8 Å². The van der Waals surface area contributed by atoms with Crippen LogP contribution < -0.4 is 10.5 Å². The van der Waals surface area contributed by atoms with Crippen molar-refractivity contribution in [2.45, 2.75) is 32.7 Å². The number of piperidine rings is 1. The first-order chi connectivity index (χ1) is 9.38. The van der Waals surface area contributed by atoms with Crippen molar-refractivity contribution in [1.29, 1.82) is 0 Å². The van der Waals surface area contributed by atoms with E-state index in [1.165, 1.54) is 4.31 Å². The molecular formula is C12H23N5O2S. The van der Waals surface area contributed by atoms with E-state index >= 15 is 0 Å². The minimum absolute atomic E-state index is 0.226. The van der Waals surface area contributed by atoms with Gasteiger partial charge in [0.15, 0.2) is 0 Å². The zero-order valence-corrected chi connectivity index (χ0v) is 12.8. The number of nitrogens with two attached hydrogens (primary N) is 1. The van der Waals surface area contributed by atoms with E-state index in [4.69, 9.17) is 5.73 Å². The topological polar surface area (TPSA) is 93.2 Å². The summed E-state index contributed by atoms with van der Waals surface area (Å²) in [6.45, 7) is 5.46. The molecule has 0 spiro atoms. The molecule has 1 aromatic rings. The lowest BCUT2D eigenvalue weighted by Crippen LogP contribution is -2.46. The van der Waals surface area contributed by atoms with Gasteiger partial charge in [-0.25, -0.2) is 4.72 Å². The Balaban J connectivity index is 1.90. The minimum atomic E-state index is -3.35. The summed E-state index contributed by atoms with van der Waals surface area (Å²) in [4.78, 5) is 0. The highest BCUT2D eigenvalue weighted by atomic mass is 32.2. The number of hydrogen-bond donors (Lipinski definition) is 2. The summed E-state index contributed by atoms with van der Waals surface area (Å²) in [5.41, 5.74) is 5.60. The molecule has 3 N–H and O–H groups in total. The van der Waals surface area contributed by atoms with Gasteiger partial charge in [0, 0.05) is 25.8 Å². The molecular weight excluding hydrogens is 278 g/mol. The first kappa shape index (κ1) is 15.3. The van der Waals surface area contributed by atoms with Gasteiger partial charge in [-0.05, 0) is 24.8 Å². The average molecular weight is 301 g/mol. The molecule has 0 saturated carbocycles. The van der Waals surface area contributed by atoms with Gasteiger partial charge in [-0.15, -0.1) is 0 Å². The predicted molar refractivity (Wildman–Crippen MR) is 78.2 cm³/mol. The van der Waals surface area contributed by atoms with Gasteiger partial charge in [0.05, 0.1) is 6.04 Å². The summed E-state index contributed by atoms with van der Waals surface area (Å²) in [7, 11) is -3.35. The third kappa shape index (κ3) is 3.71. The van der Waals surface area contributed by atoms with Crippen molar-refractivity contribution in [3.63, 3.8) is 0 Å². The smallest absolute Gasteiger partial charge is 0.279 e. The maximum atomic E-state index is 12.1. The molecule has 0 aromatic carbocycles. The van der Waals surface area contributed by atoms with Crippen molar-refractivity contribution in [3.8, 4) is 0 Å². The molecule has 8 heteroatoms. The molecule has 1 aliphatic heterocycles. The van der Waals surface area contributed by atoms with Crippen molar-refractivity contribution in [2.24, 2.45) is 5.92 Å². The number of hydrogen-bond acceptors (Lipinski definition) is 4. The van der Waals surface area contributed by atoms with E-state index < -0.39 is 10.2 Å². The van der Waals surface area contributed by atoms with Crippen LogP contribution in [0.4, 0.5) is 5.82 Å². The summed E-state index contributed by atoms with van der Waals surface area (Å²) in [6.07, 6.45) is 3.36. The summed E-state index contributed by atoms with van der Waals surface area (Å²) >= 11 is 0. The molecule has 0 bridgehead atoms. The van der Waals surface area contributed by atoms with E-state index in [-0.39, 0.29) is 6.04 Å². The lowest BCUT2D eigenvalue weighted by atomic mass is 10.1. The molecule has 20 heavy (non-hydrogen) atoms. The van der Waals surface area contributed by atoms with Gasteiger partial charge >= 0.3 is 0 Å². The van der Waals surface area contributed by atoms with Crippen LogP contribution in [0.15, 0.2) is 12.3 Å². The Bertz CT molecular complexity index is 532. The van der Waals surface area contributed by atoms with Crippen molar-refractivity contribution in [2.75, 3.05) is 25.4 Å². The number of nitrogen functional groups attached to an aromatic ring is 1. The van der Waals surface area contributed by atoms with Crippen LogP contribution in [-0.4, -0.2) is 42.1 Å². The summed E-state index contributed by atoms with van der Waals surface area (Å²) in [6, 6.07) is 1.98. The van der Waals surface area contributed by atoms with Crippen LogP contribution in [0.1, 0.15) is 32.7 Å². The molecule has 0 unspecified atom stereocenters. The van der Waals surface area contributed by atoms with Gasteiger partial charge in [0.25, 0.3) is 10.2 Å². The maximum Gasteiger partial charge on any atom is 0.279 e. The van der Waals surface area contributed by atoms with Crippen LogP contribution in [0, 0.1) is 5.92 Å². The van der Waals surface area contributed by atoms with Crippen LogP contribution in [0.3, 0.4) is 0 Å². The summed E-state index contributed by atoms with van der Waals surface area (Å²) in [5.74, 6) is 0.799. The molecule has 0 atom stereocenters. The zero-order valence-electron chi connectivity index (χ0n) is 12.0. The van der Waals surface area contributed by atoms with Crippen molar-refractivity contribution in [3.05, 3.63) is 12.3 Å². The van der Waals surface area contributed by atoms with Crippen LogP contribution in [0.2, 0.25) is 0 Å². The second kappa shape index (κ2) is 6.11. The van der Waals surface area contributed by atoms with Gasteiger partial charge in [-0.3, -0.25) is 4.68 Å². The van der Waals surface area contributed by atoms with E-state index in [9.17, 15) is 8.42 Å².